The Bertz CT molecular complexity index is 1560. The fourth-order valence-corrected chi connectivity index (χ4v) is 6.20. The van der Waals surface area contributed by atoms with Gasteiger partial charge in [0.2, 0.25) is 15.3 Å². The lowest BCUT2D eigenvalue weighted by molar-refractivity contribution is 0.557. The van der Waals surface area contributed by atoms with E-state index in [-0.39, 0.29) is 15.2 Å². The maximum atomic E-state index is 15.3. The Kier molecular flexibility index (Phi) is 6.19. The third-order valence-electron chi connectivity index (χ3n) is 6.59. The third-order valence-corrected chi connectivity index (χ3v) is 8.35. The SMILES string of the molecule is Cc1cccc(Cn2cc(S(=O)(=O)c3ccccc3)c(=O)c3cc(F)c(N4CCCCC4)cc32)c1. The van der Waals surface area contributed by atoms with Gasteiger partial charge < -0.3 is 9.47 Å². The smallest absolute Gasteiger partial charge is 0.211 e. The molecule has 5 nitrogen and oxygen atoms in total. The zero-order valence-corrected chi connectivity index (χ0v) is 20.4. The number of pyridine rings is 1. The highest BCUT2D eigenvalue weighted by molar-refractivity contribution is 7.91. The van der Waals surface area contributed by atoms with Crippen LogP contribution in [-0.4, -0.2) is 26.1 Å². The van der Waals surface area contributed by atoms with E-state index in [1.807, 2.05) is 36.1 Å². The largest absolute Gasteiger partial charge is 0.369 e. The molecule has 7 heteroatoms. The van der Waals surface area contributed by atoms with Crippen LogP contribution in [0.5, 0.6) is 0 Å². The molecule has 5 rings (SSSR count). The molecule has 0 saturated carbocycles. The first kappa shape index (κ1) is 23.3. The van der Waals surface area contributed by atoms with Crippen molar-refractivity contribution in [3.8, 4) is 0 Å². The number of benzene rings is 3. The second-order valence-corrected chi connectivity index (χ2v) is 11.0. The van der Waals surface area contributed by atoms with Crippen molar-refractivity contribution in [1.29, 1.82) is 0 Å². The van der Waals surface area contributed by atoms with E-state index in [1.165, 1.54) is 24.4 Å². The van der Waals surface area contributed by atoms with Gasteiger partial charge in [-0.15, -0.1) is 0 Å². The number of fused-ring (bicyclic) bond motifs is 1. The summed E-state index contributed by atoms with van der Waals surface area (Å²) in [7, 11) is -4.09. The van der Waals surface area contributed by atoms with Gasteiger partial charge in [-0.2, -0.15) is 0 Å². The lowest BCUT2D eigenvalue weighted by atomic mass is 10.1. The van der Waals surface area contributed by atoms with Crippen molar-refractivity contribution in [2.75, 3.05) is 18.0 Å². The van der Waals surface area contributed by atoms with E-state index < -0.39 is 21.1 Å². The molecule has 3 aromatic carbocycles. The number of aryl methyl sites for hydroxylation is 1. The summed E-state index contributed by atoms with van der Waals surface area (Å²) in [5.74, 6) is -0.507. The van der Waals surface area contributed by atoms with Crippen LogP contribution >= 0.6 is 0 Å². The highest BCUT2D eigenvalue weighted by atomic mass is 32.2. The van der Waals surface area contributed by atoms with Gasteiger partial charge in [-0.1, -0.05) is 48.0 Å². The Labute approximate surface area is 204 Å². The molecule has 0 unspecified atom stereocenters. The number of hydrogen-bond acceptors (Lipinski definition) is 4. The molecule has 35 heavy (non-hydrogen) atoms. The van der Waals surface area contributed by atoms with Gasteiger partial charge >= 0.3 is 0 Å². The van der Waals surface area contributed by atoms with Gasteiger partial charge in [-0.3, -0.25) is 4.79 Å². The summed E-state index contributed by atoms with van der Waals surface area (Å²) in [6.07, 6.45) is 4.50. The quantitative estimate of drug-likeness (QED) is 0.380. The minimum absolute atomic E-state index is 0.0314. The summed E-state index contributed by atoms with van der Waals surface area (Å²) >= 11 is 0. The second kappa shape index (κ2) is 9.30. The minimum atomic E-state index is -4.09. The Hall–Kier alpha value is -3.45. The topological polar surface area (TPSA) is 59.4 Å². The molecule has 0 N–H and O–H groups in total. The number of piperidine rings is 1. The standard InChI is InChI=1S/C28H27FN2O3S/c1-20-9-8-10-21(15-20)18-31-19-27(35(33,34)22-11-4-2-5-12-22)28(32)23-16-24(29)26(17-25(23)31)30-13-6-3-7-14-30/h2,4-5,8-12,15-17,19H,3,6-7,13-14,18H2,1H3. The molecular weight excluding hydrogens is 463 g/mol. The first-order valence-corrected chi connectivity index (χ1v) is 13.3. The summed E-state index contributed by atoms with van der Waals surface area (Å²) < 4.78 is 43.9. The van der Waals surface area contributed by atoms with Gasteiger partial charge in [0.15, 0.2) is 0 Å². The molecule has 1 aliphatic heterocycles. The predicted molar refractivity (Wildman–Crippen MR) is 136 cm³/mol. The van der Waals surface area contributed by atoms with Crippen LogP contribution in [0.4, 0.5) is 10.1 Å². The highest BCUT2D eigenvalue weighted by Gasteiger charge is 2.25. The van der Waals surface area contributed by atoms with E-state index in [4.69, 9.17) is 0 Å². The minimum Gasteiger partial charge on any atom is -0.369 e. The van der Waals surface area contributed by atoms with Crippen LogP contribution in [0.25, 0.3) is 10.9 Å². The van der Waals surface area contributed by atoms with Crippen LogP contribution in [0.1, 0.15) is 30.4 Å². The number of nitrogens with zero attached hydrogens (tertiary/aromatic N) is 2. The molecule has 1 saturated heterocycles. The fraction of sp³-hybridized carbons (Fsp3) is 0.250. The number of halogens is 1. The normalized spacial score (nSPS) is 14.4. The maximum absolute atomic E-state index is 15.3. The summed E-state index contributed by atoms with van der Waals surface area (Å²) in [6, 6.07) is 18.7. The summed E-state index contributed by atoms with van der Waals surface area (Å²) in [5, 5.41) is 0.0629. The monoisotopic (exact) mass is 490 g/mol. The van der Waals surface area contributed by atoms with Crippen LogP contribution in [-0.2, 0) is 16.4 Å². The van der Waals surface area contributed by atoms with Gasteiger partial charge in [0.1, 0.15) is 10.7 Å². The average molecular weight is 491 g/mol. The number of rotatable bonds is 5. The Balaban J connectivity index is 1.75. The Morgan fingerprint density at radius 2 is 1.66 bits per heavy atom. The van der Waals surface area contributed by atoms with Crippen molar-refractivity contribution in [3.05, 3.63) is 100 Å². The lowest BCUT2D eigenvalue weighted by Crippen LogP contribution is -2.30. The number of anilines is 1. The fourth-order valence-electron chi connectivity index (χ4n) is 4.81. The highest BCUT2D eigenvalue weighted by Crippen LogP contribution is 2.29. The van der Waals surface area contributed by atoms with Gasteiger partial charge in [0.25, 0.3) is 0 Å². The molecule has 0 spiro atoms. The van der Waals surface area contributed by atoms with E-state index in [0.29, 0.717) is 17.7 Å². The Morgan fingerprint density at radius 3 is 2.37 bits per heavy atom. The number of sulfone groups is 1. The molecule has 1 fully saturated rings. The second-order valence-electron chi connectivity index (χ2n) is 9.12. The van der Waals surface area contributed by atoms with E-state index >= 15 is 4.39 Å². The molecule has 1 aromatic heterocycles. The van der Waals surface area contributed by atoms with E-state index in [0.717, 1.165) is 43.5 Å². The van der Waals surface area contributed by atoms with Gasteiger partial charge in [0.05, 0.1) is 21.5 Å². The van der Waals surface area contributed by atoms with E-state index in [2.05, 4.69) is 0 Å². The zero-order chi connectivity index (χ0) is 24.6. The van der Waals surface area contributed by atoms with Crippen molar-refractivity contribution >= 4 is 26.4 Å². The summed E-state index contributed by atoms with van der Waals surface area (Å²) in [5.41, 5.74) is 2.32. The molecule has 0 bridgehead atoms. The maximum Gasteiger partial charge on any atom is 0.211 e. The van der Waals surface area contributed by atoms with Crippen LogP contribution in [0, 0.1) is 12.7 Å². The summed E-state index contributed by atoms with van der Waals surface area (Å²) in [4.78, 5) is 15.2. The molecule has 1 aliphatic rings. The first-order valence-electron chi connectivity index (χ1n) is 11.8. The van der Waals surface area contributed by atoms with Gasteiger partial charge in [-0.25, -0.2) is 12.8 Å². The molecule has 0 atom stereocenters. The van der Waals surface area contributed by atoms with Crippen molar-refractivity contribution in [2.45, 2.75) is 42.5 Å². The van der Waals surface area contributed by atoms with Crippen LogP contribution < -0.4 is 10.3 Å². The van der Waals surface area contributed by atoms with E-state index in [9.17, 15) is 13.2 Å². The van der Waals surface area contributed by atoms with Crippen LogP contribution in [0.3, 0.4) is 0 Å². The van der Waals surface area contributed by atoms with Crippen molar-refractivity contribution in [2.24, 2.45) is 0 Å². The van der Waals surface area contributed by atoms with Crippen molar-refractivity contribution in [3.63, 3.8) is 0 Å². The van der Waals surface area contributed by atoms with Crippen molar-refractivity contribution in [1.82, 2.24) is 4.57 Å². The molecule has 0 amide bonds. The zero-order valence-electron chi connectivity index (χ0n) is 19.6. The predicted octanol–water partition coefficient (Wildman–Crippen LogP) is 5.32. The molecule has 0 radical (unpaired) electrons. The van der Waals surface area contributed by atoms with Crippen LogP contribution in [0.15, 0.2) is 87.5 Å². The molecule has 2 heterocycles. The number of hydrogen-bond donors (Lipinski definition) is 0. The Morgan fingerprint density at radius 1 is 0.914 bits per heavy atom. The van der Waals surface area contributed by atoms with Gasteiger partial charge in [-0.05, 0) is 56.0 Å². The lowest BCUT2D eigenvalue weighted by Gasteiger charge is -2.29. The van der Waals surface area contributed by atoms with Crippen molar-refractivity contribution < 1.29 is 12.8 Å². The average Bonchev–Trinajstić information content (AvgIpc) is 2.86. The van der Waals surface area contributed by atoms with E-state index in [1.54, 1.807) is 28.8 Å². The molecule has 0 aliphatic carbocycles. The first-order chi connectivity index (χ1) is 16.8. The van der Waals surface area contributed by atoms with Gasteiger partial charge in [0, 0.05) is 25.8 Å². The molecule has 180 valence electrons. The number of aromatic nitrogens is 1. The third kappa shape index (κ3) is 4.48. The summed E-state index contributed by atoms with van der Waals surface area (Å²) in [6.45, 7) is 3.85. The molecule has 4 aromatic rings. The van der Waals surface area contributed by atoms with Crippen LogP contribution in [0.2, 0.25) is 0 Å². The molecular formula is C28H27FN2O3S.